The first-order valence-corrected chi connectivity index (χ1v) is 9.19. The molecule has 2 rings (SSSR count). The summed E-state index contributed by atoms with van der Waals surface area (Å²) in [5.74, 6) is 0.970. The van der Waals surface area contributed by atoms with Crippen molar-refractivity contribution in [1.29, 1.82) is 0 Å². The molecule has 2 atom stereocenters. The predicted octanol–water partition coefficient (Wildman–Crippen LogP) is 2.56. The van der Waals surface area contributed by atoms with Crippen LogP contribution >= 0.6 is 12.4 Å². The fourth-order valence-corrected chi connectivity index (χ4v) is 4.72. The van der Waals surface area contributed by atoms with Gasteiger partial charge >= 0.3 is 0 Å². The van der Waals surface area contributed by atoms with Crippen LogP contribution in [-0.4, -0.2) is 38.0 Å². The van der Waals surface area contributed by atoms with Gasteiger partial charge in [-0.15, -0.1) is 12.4 Å². The molecule has 0 aromatic heterocycles. The molecule has 2 N–H and O–H groups in total. The van der Waals surface area contributed by atoms with Crippen molar-refractivity contribution in [2.24, 2.45) is 11.7 Å². The van der Waals surface area contributed by atoms with Crippen LogP contribution in [0.2, 0.25) is 0 Å². The molecule has 0 radical (unpaired) electrons. The number of ether oxygens (including phenoxy) is 1. The molecule has 1 aliphatic rings. The second-order valence-electron chi connectivity index (χ2n) is 6.36. The van der Waals surface area contributed by atoms with Gasteiger partial charge < -0.3 is 10.5 Å². The molecule has 1 aromatic carbocycles. The lowest BCUT2D eigenvalue weighted by molar-refractivity contribution is 0.240. The third kappa shape index (κ3) is 4.38. The maximum absolute atomic E-state index is 12.8. The Morgan fingerprint density at radius 3 is 2.52 bits per heavy atom. The van der Waals surface area contributed by atoms with E-state index < -0.39 is 10.0 Å². The van der Waals surface area contributed by atoms with Crippen molar-refractivity contribution in [3.63, 3.8) is 0 Å². The highest BCUT2D eigenvalue weighted by atomic mass is 35.5. The number of sulfonamides is 1. The third-order valence-corrected chi connectivity index (χ3v) is 6.03. The van der Waals surface area contributed by atoms with Crippen LogP contribution in [-0.2, 0) is 10.0 Å². The molecule has 1 saturated heterocycles. The Kier molecular flexibility index (Phi) is 6.89. The van der Waals surface area contributed by atoms with Crippen LogP contribution in [0.4, 0.5) is 0 Å². The topological polar surface area (TPSA) is 72.6 Å². The minimum Gasteiger partial charge on any atom is -0.491 e. The Labute approximate surface area is 145 Å². The maximum atomic E-state index is 12.8. The molecule has 7 heteroatoms. The van der Waals surface area contributed by atoms with E-state index in [0.717, 1.165) is 17.7 Å². The quantitative estimate of drug-likeness (QED) is 0.873. The zero-order valence-electron chi connectivity index (χ0n) is 14.2. The lowest BCUT2D eigenvalue weighted by atomic mass is 10.1. The summed E-state index contributed by atoms with van der Waals surface area (Å²) < 4.78 is 32.9. The van der Waals surface area contributed by atoms with Crippen LogP contribution in [0.15, 0.2) is 23.1 Å². The Bertz CT molecular complexity index is 634. The van der Waals surface area contributed by atoms with E-state index in [1.165, 1.54) is 0 Å². The molecule has 2 unspecified atom stereocenters. The first kappa shape index (κ1) is 20.2. The van der Waals surface area contributed by atoms with Gasteiger partial charge in [0.2, 0.25) is 10.0 Å². The van der Waals surface area contributed by atoms with Gasteiger partial charge in [0.15, 0.2) is 0 Å². The summed E-state index contributed by atoms with van der Waals surface area (Å²) in [6, 6.07) is 5.05. The van der Waals surface area contributed by atoms with E-state index in [9.17, 15) is 8.42 Å². The molecule has 0 spiro atoms. The Morgan fingerprint density at radius 2 is 2.04 bits per heavy atom. The molecule has 1 heterocycles. The molecule has 23 heavy (non-hydrogen) atoms. The first-order chi connectivity index (χ1) is 10.3. The average molecular weight is 363 g/mol. The van der Waals surface area contributed by atoms with Crippen molar-refractivity contribution in [3.8, 4) is 5.75 Å². The molecule has 1 aliphatic heterocycles. The third-order valence-electron chi connectivity index (χ3n) is 4.05. The van der Waals surface area contributed by atoms with Crippen LogP contribution in [0.5, 0.6) is 5.75 Å². The van der Waals surface area contributed by atoms with Gasteiger partial charge in [-0.2, -0.15) is 4.31 Å². The van der Waals surface area contributed by atoms with Crippen molar-refractivity contribution in [2.45, 2.75) is 51.2 Å². The average Bonchev–Trinajstić information content (AvgIpc) is 2.82. The van der Waals surface area contributed by atoms with Crippen molar-refractivity contribution >= 4 is 22.4 Å². The fourth-order valence-electron chi connectivity index (χ4n) is 2.92. The second-order valence-corrected chi connectivity index (χ2v) is 8.25. The molecule has 0 amide bonds. The van der Waals surface area contributed by atoms with Gasteiger partial charge in [0.05, 0.1) is 11.0 Å². The number of benzene rings is 1. The molecule has 5 nitrogen and oxygen atoms in total. The zero-order valence-corrected chi connectivity index (χ0v) is 15.8. The highest BCUT2D eigenvalue weighted by molar-refractivity contribution is 7.89. The molecule has 0 saturated carbocycles. The lowest BCUT2D eigenvalue weighted by Crippen LogP contribution is -2.34. The van der Waals surface area contributed by atoms with Gasteiger partial charge in [-0.25, -0.2) is 8.42 Å². The minimum absolute atomic E-state index is 0. The number of halogens is 1. The molecule has 0 aliphatic carbocycles. The van der Waals surface area contributed by atoms with E-state index >= 15 is 0 Å². The summed E-state index contributed by atoms with van der Waals surface area (Å²) in [5.41, 5.74) is 6.52. The summed E-state index contributed by atoms with van der Waals surface area (Å²) in [7, 11) is -3.48. The summed E-state index contributed by atoms with van der Waals surface area (Å²) in [4.78, 5) is 0.325. The second kappa shape index (κ2) is 7.83. The van der Waals surface area contributed by atoms with Crippen molar-refractivity contribution in [3.05, 3.63) is 23.8 Å². The lowest BCUT2D eigenvalue weighted by Gasteiger charge is -2.22. The number of nitrogens with two attached hydrogens (primary N) is 1. The smallest absolute Gasteiger partial charge is 0.243 e. The highest BCUT2D eigenvalue weighted by Gasteiger charge is 2.37. The number of rotatable bonds is 5. The van der Waals surface area contributed by atoms with Gasteiger partial charge in [-0.05, 0) is 70.3 Å². The van der Waals surface area contributed by atoms with Crippen LogP contribution < -0.4 is 10.5 Å². The first-order valence-electron chi connectivity index (χ1n) is 7.75. The molecular weight excluding hydrogens is 336 g/mol. The largest absolute Gasteiger partial charge is 0.491 e. The Balaban J connectivity index is 0.00000264. The summed E-state index contributed by atoms with van der Waals surface area (Å²) in [6.07, 6.45) is 0.883. The van der Waals surface area contributed by atoms with E-state index in [1.54, 1.807) is 22.5 Å². The minimum atomic E-state index is -3.48. The highest BCUT2D eigenvalue weighted by Crippen LogP contribution is 2.31. The number of hydrogen-bond donors (Lipinski definition) is 1. The van der Waals surface area contributed by atoms with Crippen LogP contribution in [0.1, 0.15) is 32.8 Å². The zero-order chi connectivity index (χ0) is 16.5. The maximum Gasteiger partial charge on any atom is 0.243 e. The molecule has 1 aromatic rings. The van der Waals surface area contributed by atoms with Gasteiger partial charge in [-0.1, -0.05) is 0 Å². The normalized spacial score (nSPS) is 22.2. The summed E-state index contributed by atoms with van der Waals surface area (Å²) in [5, 5.41) is 0. The van der Waals surface area contributed by atoms with Gasteiger partial charge in [0.25, 0.3) is 0 Å². The fraction of sp³-hybridized carbons (Fsp3) is 0.625. The Hall–Kier alpha value is -0.820. The predicted molar refractivity (Wildman–Crippen MR) is 94.7 cm³/mol. The van der Waals surface area contributed by atoms with Crippen LogP contribution in [0.25, 0.3) is 0 Å². The van der Waals surface area contributed by atoms with E-state index in [0.29, 0.717) is 18.0 Å². The standard InChI is InChI=1S/C16H26N2O3S.ClH/c1-11(2)21-16-6-5-15(7-12(16)3)22(19,20)18-10-14(9-17)8-13(18)4;/h5-7,11,13-14H,8-10,17H2,1-4H3;1H. The van der Waals surface area contributed by atoms with Gasteiger partial charge in [0.1, 0.15) is 5.75 Å². The molecular formula is C16H27ClN2O3S. The number of hydrogen-bond acceptors (Lipinski definition) is 4. The van der Waals surface area contributed by atoms with Gasteiger partial charge in [-0.3, -0.25) is 0 Å². The SMILES string of the molecule is Cc1cc(S(=O)(=O)N2CC(CN)CC2C)ccc1OC(C)C.Cl. The van der Waals surface area contributed by atoms with Crippen molar-refractivity contribution in [1.82, 2.24) is 4.31 Å². The number of aryl methyl sites for hydroxylation is 1. The van der Waals surface area contributed by atoms with Crippen molar-refractivity contribution in [2.75, 3.05) is 13.1 Å². The van der Waals surface area contributed by atoms with Crippen LogP contribution in [0.3, 0.4) is 0 Å². The van der Waals surface area contributed by atoms with Crippen LogP contribution in [0, 0.1) is 12.8 Å². The summed E-state index contributed by atoms with van der Waals surface area (Å²) >= 11 is 0. The van der Waals surface area contributed by atoms with E-state index in [1.807, 2.05) is 27.7 Å². The Morgan fingerprint density at radius 1 is 1.39 bits per heavy atom. The monoisotopic (exact) mass is 362 g/mol. The molecule has 1 fully saturated rings. The van der Waals surface area contributed by atoms with E-state index in [4.69, 9.17) is 10.5 Å². The summed E-state index contributed by atoms with van der Waals surface area (Å²) in [6.45, 7) is 8.73. The van der Waals surface area contributed by atoms with Gasteiger partial charge in [0, 0.05) is 12.6 Å². The van der Waals surface area contributed by atoms with Crippen molar-refractivity contribution < 1.29 is 13.2 Å². The molecule has 132 valence electrons. The van der Waals surface area contributed by atoms with E-state index in [2.05, 4.69) is 0 Å². The van der Waals surface area contributed by atoms with E-state index in [-0.39, 0.29) is 30.5 Å². The molecule has 0 bridgehead atoms. The number of nitrogens with zero attached hydrogens (tertiary/aromatic N) is 1.